The van der Waals surface area contributed by atoms with Gasteiger partial charge in [-0.1, -0.05) is 0 Å². The maximum absolute atomic E-state index is 11.2. The lowest BCUT2D eigenvalue weighted by molar-refractivity contribution is 0.833. The van der Waals surface area contributed by atoms with Gasteiger partial charge in [0, 0.05) is 13.1 Å². The summed E-state index contributed by atoms with van der Waals surface area (Å²) in [6.07, 6.45) is 1.44. The molecule has 0 fully saturated rings. The van der Waals surface area contributed by atoms with E-state index >= 15 is 0 Å². The summed E-state index contributed by atoms with van der Waals surface area (Å²) in [4.78, 5) is 20.0. The van der Waals surface area contributed by atoms with Gasteiger partial charge in [-0.3, -0.25) is 4.79 Å². The Morgan fingerprint density at radius 1 is 1.54 bits per heavy atom. The number of H-pyrrole nitrogens is 1. The number of aromatic amines is 1. The summed E-state index contributed by atoms with van der Waals surface area (Å²) in [6.45, 7) is 5.82. The van der Waals surface area contributed by atoms with Crippen LogP contribution in [-0.4, -0.2) is 23.1 Å². The molecule has 0 atom stereocenters. The molecule has 0 amide bonds. The lowest BCUT2D eigenvalue weighted by Crippen LogP contribution is -2.27. The monoisotopic (exact) mass is 293 g/mol. The van der Waals surface area contributed by atoms with Gasteiger partial charge in [0.2, 0.25) is 0 Å². The molecule has 0 saturated carbocycles. The molecule has 0 spiro atoms. The lowest BCUT2D eigenvalue weighted by atomic mass is 10.4. The van der Waals surface area contributed by atoms with Gasteiger partial charge in [0.25, 0.3) is 5.56 Å². The second-order valence-corrected chi connectivity index (χ2v) is 3.62. The van der Waals surface area contributed by atoms with E-state index in [1.807, 2.05) is 36.4 Å². The zero-order chi connectivity index (χ0) is 9.84. The molecule has 1 N–H and O–H groups in total. The van der Waals surface area contributed by atoms with Gasteiger partial charge in [0.1, 0.15) is 9.39 Å². The van der Waals surface area contributed by atoms with Crippen molar-refractivity contribution < 1.29 is 0 Å². The Kier molecular flexibility index (Phi) is 3.71. The van der Waals surface area contributed by atoms with Crippen LogP contribution in [0, 0.1) is 3.57 Å². The summed E-state index contributed by atoms with van der Waals surface area (Å²) >= 11 is 2.02. The topological polar surface area (TPSA) is 49.0 Å². The Morgan fingerprint density at radius 2 is 2.15 bits per heavy atom. The van der Waals surface area contributed by atoms with Crippen LogP contribution in [0.5, 0.6) is 0 Å². The molecule has 1 aromatic heterocycles. The number of aromatic nitrogens is 2. The normalized spacial score (nSPS) is 10.1. The fourth-order valence-corrected chi connectivity index (χ4v) is 1.75. The third kappa shape index (κ3) is 2.20. The molecule has 0 aromatic carbocycles. The SMILES string of the molecule is CCN(CC)c1nc[nH]c(=O)c1I. The van der Waals surface area contributed by atoms with Gasteiger partial charge in [-0.25, -0.2) is 4.98 Å². The molecule has 0 aliphatic heterocycles. The van der Waals surface area contributed by atoms with Crippen molar-refractivity contribution in [3.63, 3.8) is 0 Å². The third-order valence-corrected chi connectivity index (χ3v) is 2.81. The summed E-state index contributed by atoms with van der Waals surface area (Å²) in [7, 11) is 0. The van der Waals surface area contributed by atoms with Gasteiger partial charge in [0.15, 0.2) is 0 Å². The first-order valence-electron chi connectivity index (χ1n) is 4.18. The first kappa shape index (κ1) is 10.5. The van der Waals surface area contributed by atoms with E-state index in [-0.39, 0.29) is 5.56 Å². The first-order chi connectivity index (χ1) is 6.20. The zero-order valence-electron chi connectivity index (χ0n) is 7.67. The summed E-state index contributed by atoms with van der Waals surface area (Å²) in [5.41, 5.74) is -0.0718. The summed E-state index contributed by atoms with van der Waals surface area (Å²) in [5, 5.41) is 0. The highest BCUT2D eigenvalue weighted by Gasteiger charge is 2.09. The molecular formula is C8H12IN3O. The maximum Gasteiger partial charge on any atom is 0.266 e. The smallest absolute Gasteiger partial charge is 0.266 e. The van der Waals surface area contributed by atoms with E-state index in [1.54, 1.807) is 0 Å². The molecule has 0 aliphatic rings. The van der Waals surface area contributed by atoms with Crippen molar-refractivity contribution in [3.8, 4) is 0 Å². The van der Waals surface area contributed by atoms with Crippen LogP contribution in [0.2, 0.25) is 0 Å². The molecule has 13 heavy (non-hydrogen) atoms. The van der Waals surface area contributed by atoms with E-state index in [2.05, 4.69) is 14.9 Å². The minimum Gasteiger partial charge on any atom is -0.356 e. The second kappa shape index (κ2) is 4.59. The average molecular weight is 293 g/mol. The molecule has 4 nitrogen and oxygen atoms in total. The molecule has 1 heterocycles. The first-order valence-corrected chi connectivity index (χ1v) is 5.26. The van der Waals surface area contributed by atoms with Crippen LogP contribution >= 0.6 is 22.6 Å². The van der Waals surface area contributed by atoms with E-state index in [0.717, 1.165) is 18.9 Å². The van der Waals surface area contributed by atoms with Gasteiger partial charge in [-0.2, -0.15) is 0 Å². The summed E-state index contributed by atoms with van der Waals surface area (Å²) in [5.74, 6) is 0.773. The van der Waals surface area contributed by atoms with Crippen molar-refractivity contribution >= 4 is 28.4 Å². The number of anilines is 1. The molecule has 0 aliphatic carbocycles. The fraction of sp³-hybridized carbons (Fsp3) is 0.500. The highest BCUT2D eigenvalue weighted by Crippen LogP contribution is 2.14. The standard InChI is InChI=1S/C8H12IN3O/c1-3-12(4-2)7-6(9)8(13)11-5-10-7/h5H,3-4H2,1-2H3,(H,10,11,13). The van der Waals surface area contributed by atoms with Crippen molar-refractivity contribution in [2.45, 2.75) is 13.8 Å². The maximum atomic E-state index is 11.2. The molecule has 0 bridgehead atoms. The van der Waals surface area contributed by atoms with Crippen LogP contribution in [0.25, 0.3) is 0 Å². The number of nitrogens with one attached hydrogen (secondary N) is 1. The fourth-order valence-electron chi connectivity index (χ4n) is 1.12. The van der Waals surface area contributed by atoms with E-state index in [9.17, 15) is 4.79 Å². The van der Waals surface area contributed by atoms with E-state index in [4.69, 9.17) is 0 Å². The van der Waals surface area contributed by atoms with Crippen molar-refractivity contribution in [2.75, 3.05) is 18.0 Å². The van der Waals surface area contributed by atoms with Crippen LogP contribution in [0.1, 0.15) is 13.8 Å². The number of nitrogens with zero attached hydrogens (tertiary/aromatic N) is 2. The van der Waals surface area contributed by atoms with E-state index in [0.29, 0.717) is 3.57 Å². The van der Waals surface area contributed by atoms with E-state index < -0.39 is 0 Å². The Balaban J connectivity index is 3.13. The van der Waals surface area contributed by atoms with Crippen LogP contribution in [0.3, 0.4) is 0 Å². The zero-order valence-corrected chi connectivity index (χ0v) is 9.83. The third-order valence-electron chi connectivity index (χ3n) is 1.84. The molecule has 1 rings (SSSR count). The van der Waals surface area contributed by atoms with Gasteiger partial charge in [0.05, 0.1) is 6.33 Å². The Hall–Kier alpha value is -0.590. The van der Waals surface area contributed by atoms with Crippen molar-refractivity contribution in [1.82, 2.24) is 9.97 Å². The molecule has 0 saturated heterocycles. The predicted octanol–water partition coefficient (Wildman–Crippen LogP) is 1.22. The van der Waals surface area contributed by atoms with E-state index in [1.165, 1.54) is 6.33 Å². The number of rotatable bonds is 3. The van der Waals surface area contributed by atoms with Crippen molar-refractivity contribution in [2.24, 2.45) is 0 Å². The minimum absolute atomic E-state index is 0.0718. The Bertz CT molecular complexity index is 332. The molecule has 1 aromatic rings. The lowest BCUT2D eigenvalue weighted by Gasteiger charge is -2.19. The average Bonchev–Trinajstić information content (AvgIpc) is 2.14. The van der Waals surface area contributed by atoms with Crippen LogP contribution in [0.15, 0.2) is 11.1 Å². The van der Waals surface area contributed by atoms with Gasteiger partial charge < -0.3 is 9.88 Å². The molecular weight excluding hydrogens is 281 g/mol. The molecule has 5 heteroatoms. The van der Waals surface area contributed by atoms with Gasteiger partial charge >= 0.3 is 0 Å². The highest BCUT2D eigenvalue weighted by atomic mass is 127. The second-order valence-electron chi connectivity index (χ2n) is 2.54. The molecule has 72 valence electrons. The molecule has 0 unspecified atom stereocenters. The highest BCUT2D eigenvalue weighted by molar-refractivity contribution is 14.1. The van der Waals surface area contributed by atoms with Crippen molar-refractivity contribution in [1.29, 1.82) is 0 Å². The predicted molar refractivity (Wildman–Crippen MR) is 61.1 cm³/mol. The summed E-state index contributed by atoms with van der Waals surface area (Å²) in [6, 6.07) is 0. The Labute approximate surface area is 90.5 Å². The number of hydrogen-bond acceptors (Lipinski definition) is 3. The minimum atomic E-state index is -0.0718. The quantitative estimate of drug-likeness (QED) is 0.853. The summed E-state index contributed by atoms with van der Waals surface area (Å²) < 4.78 is 0.656. The Morgan fingerprint density at radius 3 is 2.69 bits per heavy atom. The van der Waals surface area contributed by atoms with Crippen molar-refractivity contribution in [3.05, 3.63) is 20.3 Å². The number of halogens is 1. The number of hydrogen-bond donors (Lipinski definition) is 1. The van der Waals surface area contributed by atoms with Crippen LogP contribution < -0.4 is 10.5 Å². The van der Waals surface area contributed by atoms with Gasteiger partial charge in [-0.05, 0) is 36.4 Å². The molecule has 0 radical (unpaired) electrons. The van der Waals surface area contributed by atoms with Crippen LogP contribution in [0.4, 0.5) is 5.82 Å². The largest absolute Gasteiger partial charge is 0.356 e. The van der Waals surface area contributed by atoms with Crippen LogP contribution in [-0.2, 0) is 0 Å². The van der Waals surface area contributed by atoms with Gasteiger partial charge in [-0.15, -0.1) is 0 Å².